The van der Waals surface area contributed by atoms with Gasteiger partial charge in [0.25, 0.3) is 11.7 Å². The van der Waals surface area contributed by atoms with E-state index < -0.39 is 23.5 Å². The van der Waals surface area contributed by atoms with Gasteiger partial charge in [-0.15, -0.1) is 0 Å². The number of amides is 1. The fraction of sp³-hybridized carbons (Fsp3) is 0.304. The molecule has 1 aliphatic heterocycles. The molecule has 1 fully saturated rings. The number of hydrogen-bond acceptors (Lipinski definition) is 5. The minimum absolute atomic E-state index is 0.0385. The molecule has 0 spiro atoms. The quantitative estimate of drug-likeness (QED) is 0.398. The number of carbonyl (C=O) groups excluding carboxylic acids is 2. The van der Waals surface area contributed by atoms with Crippen LogP contribution in [0, 0.1) is 0 Å². The van der Waals surface area contributed by atoms with Crippen molar-refractivity contribution in [3.63, 3.8) is 0 Å². The number of para-hydroxylation sites is 1. The molecular formula is C23H25ClN2O4. The van der Waals surface area contributed by atoms with Gasteiger partial charge in [0.1, 0.15) is 11.5 Å². The monoisotopic (exact) mass is 428 g/mol. The van der Waals surface area contributed by atoms with E-state index in [1.165, 1.54) is 17.0 Å². The topological polar surface area (TPSA) is 81.1 Å². The molecule has 0 aromatic heterocycles. The fourth-order valence-corrected chi connectivity index (χ4v) is 3.84. The van der Waals surface area contributed by atoms with Crippen LogP contribution in [-0.2, 0) is 9.59 Å². The number of nitrogens with zero attached hydrogens (tertiary/aromatic N) is 2. The van der Waals surface area contributed by atoms with Gasteiger partial charge in [-0.05, 0) is 42.9 Å². The number of aliphatic hydroxyl groups excluding tert-OH is 1. The molecule has 0 bridgehead atoms. The van der Waals surface area contributed by atoms with Crippen molar-refractivity contribution in [1.29, 1.82) is 0 Å². The molecule has 1 atom stereocenters. The molecule has 0 aliphatic carbocycles. The van der Waals surface area contributed by atoms with Gasteiger partial charge in [0, 0.05) is 18.1 Å². The molecule has 2 aromatic rings. The zero-order valence-electron chi connectivity index (χ0n) is 17.0. The Hall–Kier alpha value is -2.83. The van der Waals surface area contributed by atoms with Crippen LogP contribution in [0.1, 0.15) is 31.0 Å². The number of halogens is 1. The van der Waals surface area contributed by atoms with Crippen LogP contribution in [0.15, 0.2) is 54.1 Å². The van der Waals surface area contributed by atoms with Crippen LogP contribution < -0.4 is 0 Å². The first kappa shape index (κ1) is 21.9. The Kier molecular flexibility index (Phi) is 6.80. The molecule has 0 unspecified atom stereocenters. The molecule has 0 saturated carbocycles. The summed E-state index contributed by atoms with van der Waals surface area (Å²) >= 11 is 6.02. The number of phenolic OH excluding ortho intramolecular Hbond substituents is 1. The summed E-state index contributed by atoms with van der Waals surface area (Å²) in [6, 6.07) is 12.3. The maximum Gasteiger partial charge on any atom is 0.295 e. The largest absolute Gasteiger partial charge is 0.507 e. The van der Waals surface area contributed by atoms with Crippen LogP contribution in [0.5, 0.6) is 5.75 Å². The Morgan fingerprint density at radius 2 is 1.70 bits per heavy atom. The van der Waals surface area contributed by atoms with E-state index >= 15 is 0 Å². The summed E-state index contributed by atoms with van der Waals surface area (Å²) in [5.41, 5.74) is 0.733. The van der Waals surface area contributed by atoms with Crippen molar-refractivity contribution in [1.82, 2.24) is 9.80 Å². The molecule has 1 saturated heterocycles. The van der Waals surface area contributed by atoms with Crippen LogP contribution in [0.25, 0.3) is 5.76 Å². The number of phenols is 1. The predicted molar refractivity (Wildman–Crippen MR) is 116 cm³/mol. The smallest absolute Gasteiger partial charge is 0.295 e. The highest BCUT2D eigenvalue weighted by molar-refractivity contribution is 6.46. The average molecular weight is 429 g/mol. The van der Waals surface area contributed by atoms with E-state index in [9.17, 15) is 19.8 Å². The molecule has 7 heteroatoms. The zero-order valence-corrected chi connectivity index (χ0v) is 17.8. The maximum absolute atomic E-state index is 12.9. The second-order valence-electron chi connectivity index (χ2n) is 7.09. The van der Waals surface area contributed by atoms with E-state index in [2.05, 4.69) is 4.90 Å². The minimum Gasteiger partial charge on any atom is -0.507 e. The van der Waals surface area contributed by atoms with Crippen LogP contribution in [0.2, 0.25) is 5.02 Å². The summed E-state index contributed by atoms with van der Waals surface area (Å²) < 4.78 is 0. The van der Waals surface area contributed by atoms with E-state index in [-0.39, 0.29) is 16.9 Å². The summed E-state index contributed by atoms with van der Waals surface area (Å²) in [6.07, 6.45) is 0. The van der Waals surface area contributed by atoms with Gasteiger partial charge < -0.3 is 20.0 Å². The third-order valence-electron chi connectivity index (χ3n) is 5.44. The van der Waals surface area contributed by atoms with E-state index in [0.29, 0.717) is 23.7 Å². The molecule has 30 heavy (non-hydrogen) atoms. The Labute approximate surface area is 181 Å². The Morgan fingerprint density at radius 1 is 1.07 bits per heavy atom. The molecule has 6 nitrogen and oxygen atoms in total. The van der Waals surface area contributed by atoms with E-state index in [0.717, 1.165) is 13.1 Å². The van der Waals surface area contributed by atoms with Gasteiger partial charge in [0.2, 0.25) is 0 Å². The maximum atomic E-state index is 12.9. The Balaban J connectivity index is 2.11. The van der Waals surface area contributed by atoms with Gasteiger partial charge in [-0.25, -0.2) is 0 Å². The van der Waals surface area contributed by atoms with Crippen molar-refractivity contribution in [2.24, 2.45) is 0 Å². The predicted octanol–water partition coefficient (Wildman–Crippen LogP) is 3.81. The Morgan fingerprint density at radius 3 is 2.30 bits per heavy atom. The summed E-state index contributed by atoms with van der Waals surface area (Å²) in [7, 11) is 0. The van der Waals surface area contributed by atoms with Crippen molar-refractivity contribution >= 4 is 29.1 Å². The number of benzene rings is 2. The van der Waals surface area contributed by atoms with Crippen molar-refractivity contribution in [2.45, 2.75) is 19.9 Å². The zero-order chi connectivity index (χ0) is 21.8. The van der Waals surface area contributed by atoms with Gasteiger partial charge in [-0.3, -0.25) is 9.59 Å². The fourth-order valence-electron chi connectivity index (χ4n) is 3.71. The van der Waals surface area contributed by atoms with Gasteiger partial charge >= 0.3 is 0 Å². The summed E-state index contributed by atoms with van der Waals surface area (Å²) in [5.74, 6) is -2.00. The summed E-state index contributed by atoms with van der Waals surface area (Å²) in [4.78, 5) is 29.5. The van der Waals surface area contributed by atoms with Crippen LogP contribution in [0.4, 0.5) is 0 Å². The first-order chi connectivity index (χ1) is 14.4. The van der Waals surface area contributed by atoms with Crippen LogP contribution in [-0.4, -0.2) is 57.9 Å². The molecule has 3 rings (SSSR count). The standard InChI is InChI=1S/C23H25ClN2O4/c1-3-25(4-2)13-14-26-20(15-9-11-16(24)12-10-15)19(22(29)23(26)30)21(28)17-7-5-6-8-18(17)27/h5-12,20,27-28H,3-4,13-14H2,1-2H3/t20-/m0/s1. The molecule has 2 aromatic carbocycles. The first-order valence-electron chi connectivity index (χ1n) is 9.93. The highest BCUT2D eigenvalue weighted by atomic mass is 35.5. The van der Waals surface area contributed by atoms with Crippen molar-refractivity contribution in [3.05, 3.63) is 70.3 Å². The Bertz CT molecular complexity index is 967. The van der Waals surface area contributed by atoms with E-state index in [4.69, 9.17) is 11.6 Å². The van der Waals surface area contributed by atoms with Crippen LogP contribution >= 0.6 is 11.6 Å². The second kappa shape index (κ2) is 9.32. The van der Waals surface area contributed by atoms with Gasteiger partial charge in [-0.2, -0.15) is 0 Å². The molecule has 1 aliphatic rings. The van der Waals surface area contributed by atoms with Crippen molar-refractivity contribution in [2.75, 3.05) is 26.2 Å². The molecule has 158 valence electrons. The van der Waals surface area contributed by atoms with Gasteiger partial charge in [0.15, 0.2) is 0 Å². The third-order valence-corrected chi connectivity index (χ3v) is 5.69. The lowest BCUT2D eigenvalue weighted by Crippen LogP contribution is -2.38. The number of likely N-dealkylation sites (tertiary alicyclic amines) is 1. The van der Waals surface area contributed by atoms with Gasteiger partial charge in [-0.1, -0.05) is 49.7 Å². The SMILES string of the molecule is CCN(CC)CCN1C(=O)C(=O)C(=C(O)c2ccccc2O)[C@@H]1c1ccc(Cl)cc1. The van der Waals surface area contributed by atoms with Crippen molar-refractivity contribution < 1.29 is 19.8 Å². The van der Waals surface area contributed by atoms with E-state index in [1.807, 2.05) is 13.8 Å². The summed E-state index contributed by atoms with van der Waals surface area (Å²) in [6.45, 7) is 6.64. The number of hydrogen-bond donors (Lipinski definition) is 2. The number of likely N-dealkylation sites (N-methyl/N-ethyl adjacent to an activating group) is 1. The molecular weight excluding hydrogens is 404 g/mol. The summed E-state index contributed by atoms with van der Waals surface area (Å²) in [5, 5.41) is 21.6. The number of rotatable bonds is 7. The number of Topliss-reactive ketones (excluding diaryl/α,β-unsaturated/α-hetero) is 1. The minimum atomic E-state index is -0.768. The normalized spacial score (nSPS) is 18.4. The van der Waals surface area contributed by atoms with E-state index in [1.54, 1.807) is 36.4 Å². The van der Waals surface area contributed by atoms with Crippen LogP contribution in [0.3, 0.4) is 0 Å². The molecule has 1 heterocycles. The highest BCUT2D eigenvalue weighted by Gasteiger charge is 2.46. The average Bonchev–Trinajstić information content (AvgIpc) is 3.00. The van der Waals surface area contributed by atoms with Gasteiger partial charge in [0.05, 0.1) is 17.2 Å². The number of aliphatic hydroxyl groups is 1. The highest BCUT2D eigenvalue weighted by Crippen LogP contribution is 2.40. The lowest BCUT2D eigenvalue weighted by atomic mass is 9.95. The second-order valence-corrected chi connectivity index (χ2v) is 7.52. The molecule has 0 radical (unpaired) electrons. The first-order valence-corrected chi connectivity index (χ1v) is 10.3. The molecule has 1 amide bonds. The number of carbonyl (C=O) groups is 2. The number of aromatic hydroxyl groups is 1. The van der Waals surface area contributed by atoms with Crippen molar-refractivity contribution in [3.8, 4) is 5.75 Å². The molecule has 2 N–H and O–H groups in total. The lowest BCUT2D eigenvalue weighted by molar-refractivity contribution is -0.140. The third kappa shape index (κ3) is 4.20. The lowest BCUT2D eigenvalue weighted by Gasteiger charge is -2.28. The number of ketones is 1.